The van der Waals surface area contributed by atoms with Gasteiger partial charge >= 0.3 is 0 Å². The minimum absolute atomic E-state index is 0.645. The first-order valence-electron chi connectivity index (χ1n) is 17.3. The average molecular weight is 673 g/mol. The first-order valence-corrected chi connectivity index (χ1v) is 17.3. The van der Waals surface area contributed by atoms with Gasteiger partial charge in [-0.25, -0.2) is 9.97 Å². The zero-order valence-electron chi connectivity index (χ0n) is 29.0. The quantitative estimate of drug-likeness (QED) is 0.153. The van der Waals surface area contributed by atoms with E-state index in [1.807, 2.05) is 36.4 Å². The van der Waals surface area contributed by atoms with Crippen LogP contribution in [0.3, 0.4) is 0 Å². The highest BCUT2D eigenvalue weighted by Crippen LogP contribution is 2.35. The second-order valence-electron chi connectivity index (χ2n) is 12.6. The lowest BCUT2D eigenvalue weighted by Gasteiger charge is -2.13. The Morgan fingerprint density at radius 3 is 1.02 bits per heavy atom. The molecule has 8 aromatic rings. The van der Waals surface area contributed by atoms with E-state index in [9.17, 15) is 0 Å². The number of rotatable bonds is 9. The van der Waals surface area contributed by atoms with Crippen molar-refractivity contribution < 1.29 is 9.47 Å². The molecule has 52 heavy (non-hydrogen) atoms. The van der Waals surface area contributed by atoms with Gasteiger partial charge in [0.1, 0.15) is 0 Å². The van der Waals surface area contributed by atoms with Crippen LogP contribution in [0.5, 0.6) is 11.5 Å². The normalized spacial score (nSPS) is 10.9. The van der Waals surface area contributed by atoms with Crippen molar-refractivity contribution in [2.45, 2.75) is 0 Å². The monoisotopic (exact) mass is 672 g/mol. The summed E-state index contributed by atoms with van der Waals surface area (Å²) in [5.74, 6) is 1.96. The van der Waals surface area contributed by atoms with Crippen LogP contribution in [0.1, 0.15) is 0 Å². The molecule has 0 aliphatic rings. The molecule has 0 bridgehead atoms. The lowest BCUT2D eigenvalue weighted by Crippen LogP contribution is -1.97. The van der Waals surface area contributed by atoms with Crippen LogP contribution in [0.25, 0.3) is 78.4 Å². The predicted molar refractivity (Wildman–Crippen MR) is 213 cm³/mol. The molecule has 8 rings (SSSR count). The zero-order chi connectivity index (χ0) is 35.3. The summed E-state index contributed by atoms with van der Waals surface area (Å²) < 4.78 is 11.1. The molecule has 7 aromatic carbocycles. The summed E-state index contributed by atoms with van der Waals surface area (Å²) in [6.45, 7) is 0. The molecule has 0 spiro atoms. The van der Waals surface area contributed by atoms with Crippen molar-refractivity contribution in [3.05, 3.63) is 182 Å². The van der Waals surface area contributed by atoms with Gasteiger partial charge in [0.05, 0.1) is 25.6 Å². The number of hydrogen-bond acceptors (Lipinski definition) is 4. The molecule has 250 valence electrons. The Kier molecular flexibility index (Phi) is 9.10. The first kappa shape index (κ1) is 32.4. The summed E-state index contributed by atoms with van der Waals surface area (Å²) in [7, 11) is 3.28. The van der Waals surface area contributed by atoms with Gasteiger partial charge in [-0.3, -0.25) is 0 Å². The molecule has 0 amide bonds. The molecule has 0 saturated heterocycles. The van der Waals surface area contributed by atoms with E-state index in [0.717, 1.165) is 50.3 Å². The van der Waals surface area contributed by atoms with E-state index in [1.54, 1.807) is 14.2 Å². The Hall–Kier alpha value is -6.78. The Bertz CT molecular complexity index is 2280. The minimum Gasteiger partial charge on any atom is -0.493 e. The fourth-order valence-electron chi connectivity index (χ4n) is 6.48. The van der Waals surface area contributed by atoms with E-state index in [-0.39, 0.29) is 0 Å². The molecule has 0 aliphatic carbocycles. The summed E-state index contributed by atoms with van der Waals surface area (Å²) >= 11 is 0. The molecule has 1 aromatic heterocycles. The average Bonchev–Trinajstić information content (AvgIpc) is 3.24. The standard InChI is InChI=1S/C48H36N2O2/c1-51-46-30-29-43(31-47(46)52-2)45-32-44(41-25-21-39(22-26-41)37-17-13-35(14-18-37)33-9-5-3-6-10-33)49-48(50-45)42-27-23-40(24-28-42)38-19-15-36(16-20-38)34-11-7-4-8-12-34/h3-32H,1-2H3. The van der Waals surface area contributed by atoms with Gasteiger partial charge in [-0.05, 0) is 68.8 Å². The van der Waals surface area contributed by atoms with Gasteiger partial charge in [-0.2, -0.15) is 0 Å². The first-order chi connectivity index (χ1) is 25.6. The van der Waals surface area contributed by atoms with Crippen molar-refractivity contribution in [3.8, 4) is 89.9 Å². The van der Waals surface area contributed by atoms with E-state index in [4.69, 9.17) is 19.4 Å². The molecule has 0 fully saturated rings. The topological polar surface area (TPSA) is 44.2 Å². The Balaban J connectivity index is 1.12. The number of hydrogen-bond donors (Lipinski definition) is 0. The van der Waals surface area contributed by atoms with Gasteiger partial charge in [-0.15, -0.1) is 0 Å². The van der Waals surface area contributed by atoms with Crippen LogP contribution in [-0.4, -0.2) is 24.2 Å². The second-order valence-corrected chi connectivity index (χ2v) is 12.6. The van der Waals surface area contributed by atoms with Crippen LogP contribution < -0.4 is 9.47 Å². The smallest absolute Gasteiger partial charge is 0.161 e. The molecule has 0 aliphatic heterocycles. The van der Waals surface area contributed by atoms with Gasteiger partial charge < -0.3 is 9.47 Å². The molecule has 0 saturated carbocycles. The Labute approximate surface area is 304 Å². The Morgan fingerprint density at radius 1 is 0.288 bits per heavy atom. The van der Waals surface area contributed by atoms with Crippen LogP contribution in [0.2, 0.25) is 0 Å². The fourth-order valence-corrected chi connectivity index (χ4v) is 6.48. The van der Waals surface area contributed by atoms with Gasteiger partial charge in [0, 0.05) is 16.7 Å². The Morgan fingerprint density at radius 2 is 0.615 bits per heavy atom. The maximum Gasteiger partial charge on any atom is 0.161 e. The van der Waals surface area contributed by atoms with E-state index in [0.29, 0.717) is 17.3 Å². The van der Waals surface area contributed by atoms with Crippen LogP contribution in [0, 0.1) is 0 Å². The molecule has 0 unspecified atom stereocenters. The van der Waals surface area contributed by atoms with Crippen LogP contribution in [0.4, 0.5) is 0 Å². The second kappa shape index (κ2) is 14.6. The largest absolute Gasteiger partial charge is 0.493 e. The maximum absolute atomic E-state index is 5.64. The summed E-state index contributed by atoms with van der Waals surface area (Å²) in [4.78, 5) is 10.2. The van der Waals surface area contributed by atoms with Gasteiger partial charge in [0.15, 0.2) is 17.3 Å². The van der Waals surface area contributed by atoms with Crippen LogP contribution >= 0.6 is 0 Å². The highest BCUT2D eigenvalue weighted by molar-refractivity contribution is 5.77. The van der Waals surface area contributed by atoms with E-state index in [1.165, 1.54) is 22.3 Å². The summed E-state index contributed by atoms with van der Waals surface area (Å²) in [6, 6.07) is 63.2. The van der Waals surface area contributed by atoms with Gasteiger partial charge in [-0.1, -0.05) is 158 Å². The van der Waals surface area contributed by atoms with Crippen molar-refractivity contribution in [1.29, 1.82) is 0 Å². The van der Waals surface area contributed by atoms with E-state index >= 15 is 0 Å². The lowest BCUT2D eigenvalue weighted by molar-refractivity contribution is 0.355. The molecule has 0 N–H and O–H groups in total. The molecule has 4 nitrogen and oxygen atoms in total. The van der Waals surface area contributed by atoms with Crippen LogP contribution in [0.15, 0.2) is 182 Å². The van der Waals surface area contributed by atoms with Crippen LogP contribution in [-0.2, 0) is 0 Å². The molecule has 1 heterocycles. The third kappa shape index (κ3) is 6.83. The maximum atomic E-state index is 5.64. The number of benzene rings is 7. The number of aromatic nitrogens is 2. The molecule has 0 atom stereocenters. The molecule has 4 heteroatoms. The number of nitrogens with zero attached hydrogens (tertiary/aromatic N) is 2. The van der Waals surface area contributed by atoms with Crippen molar-refractivity contribution in [3.63, 3.8) is 0 Å². The van der Waals surface area contributed by atoms with Crippen molar-refractivity contribution in [2.24, 2.45) is 0 Å². The van der Waals surface area contributed by atoms with Gasteiger partial charge in [0.25, 0.3) is 0 Å². The third-order valence-electron chi connectivity index (χ3n) is 9.38. The molecule has 0 radical (unpaired) electrons. The number of ether oxygens (including phenoxy) is 2. The van der Waals surface area contributed by atoms with Gasteiger partial charge in [0.2, 0.25) is 0 Å². The van der Waals surface area contributed by atoms with Crippen molar-refractivity contribution >= 4 is 0 Å². The molecular weight excluding hydrogens is 637 g/mol. The summed E-state index contributed by atoms with van der Waals surface area (Å²) in [5.41, 5.74) is 13.9. The predicted octanol–water partition coefficient (Wildman–Crippen LogP) is 12.2. The zero-order valence-corrected chi connectivity index (χ0v) is 29.0. The highest BCUT2D eigenvalue weighted by atomic mass is 16.5. The summed E-state index contributed by atoms with van der Waals surface area (Å²) in [6.07, 6.45) is 0. The van der Waals surface area contributed by atoms with E-state index < -0.39 is 0 Å². The van der Waals surface area contributed by atoms with Crippen molar-refractivity contribution in [2.75, 3.05) is 14.2 Å². The minimum atomic E-state index is 0.645. The highest BCUT2D eigenvalue weighted by Gasteiger charge is 2.14. The fraction of sp³-hybridized carbons (Fsp3) is 0.0417. The lowest BCUT2D eigenvalue weighted by atomic mass is 9.98. The van der Waals surface area contributed by atoms with E-state index in [2.05, 4.69) is 146 Å². The SMILES string of the molecule is COc1ccc(-c2cc(-c3ccc(-c4ccc(-c5ccccc5)cc4)cc3)nc(-c3ccc(-c4ccc(-c5ccccc5)cc4)cc3)n2)cc1OC. The third-order valence-corrected chi connectivity index (χ3v) is 9.38. The summed E-state index contributed by atoms with van der Waals surface area (Å²) in [5, 5.41) is 0. The molecular formula is C48H36N2O2. The van der Waals surface area contributed by atoms with Crippen molar-refractivity contribution in [1.82, 2.24) is 9.97 Å². The number of methoxy groups -OCH3 is 2.